The lowest BCUT2D eigenvalue weighted by molar-refractivity contribution is -0.135. The smallest absolute Gasteiger partial charge is 0.242 e. The Morgan fingerprint density at radius 1 is 1.60 bits per heavy atom. The minimum absolute atomic E-state index is 0.0121. The molecule has 4 nitrogen and oxygen atoms in total. The zero-order valence-electron chi connectivity index (χ0n) is 10.1. The highest BCUT2D eigenvalue weighted by atomic mass is 16.3. The molecule has 0 aliphatic carbocycles. The van der Waals surface area contributed by atoms with Crippen molar-refractivity contribution >= 4 is 5.91 Å². The van der Waals surface area contributed by atoms with E-state index in [0.717, 1.165) is 13.1 Å². The Labute approximate surface area is 91.6 Å². The lowest BCUT2D eigenvalue weighted by Gasteiger charge is -2.32. The van der Waals surface area contributed by atoms with Crippen molar-refractivity contribution in [3.8, 4) is 0 Å². The fraction of sp³-hybridized carbons (Fsp3) is 0.909. The number of amides is 1. The van der Waals surface area contributed by atoms with Gasteiger partial charge < -0.3 is 15.3 Å². The number of carbonyl (C=O) groups excluding carboxylic acids is 1. The largest absolute Gasteiger partial charge is 0.394 e. The number of carbonyl (C=O) groups is 1. The standard InChI is InChI=1S/C11H22N2O2/c1-8(2)13-7-11(3,4)6-12-9(5-14)10(13)15/h8-9,12,14H,5-7H2,1-4H3. The molecule has 2 N–H and O–H groups in total. The maximum absolute atomic E-state index is 12.0. The Bertz CT molecular complexity index is 239. The Balaban J connectivity index is 2.87. The Morgan fingerprint density at radius 3 is 2.67 bits per heavy atom. The maximum Gasteiger partial charge on any atom is 0.242 e. The van der Waals surface area contributed by atoms with Crippen LogP contribution in [0.15, 0.2) is 0 Å². The van der Waals surface area contributed by atoms with Gasteiger partial charge in [-0.15, -0.1) is 0 Å². The topological polar surface area (TPSA) is 52.6 Å². The molecule has 15 heavy (non-hydrogen) atoms. The number of aliphatic hydroxyl groups is 1. The second-order valence-corrected chi connectivity index (χ2v) is 5.34. The van der Waals surface area contributed by atoms with Gasteiger partial charge in [0.1, 0.15) is 6.04 Å². The van der Waals surface area contributed by atoms with Crippen LogP contribution in [0.2, 0.25) is 0 Å². The fourth-order valence-corrected chi connectivity index (χ4v) is 1.86. The van der Waals surface area contributed by atoms with Crippen molar-refractivity contribution in [2.75, 3.05) is 19.7 Å². The molecule has 4 heteroatoms. The molecule has 0 aromatic rings. The fourth-order valence-electron chi connectivity index (χ4n) is 1.86. The molecule has 1 fully saturated rings. The second-order valence-electron chi connectivity index (χ2n) is 5.34. The molecule has 0 spiro atoms. The first-order chi connectivity index (χ1) is 6.87. The third-order valence-electron chi connectivity index (χ3n) is 2.81. The molecule has 1 unspecified atom stereocenters. The van der Waals surface area contributed by atoms with Crippen molar-refractivity contribution in [3.05, 3.63) is 0 Å². The average molecular weight is 214 g/mol. The molecule has 0 aromatic carbocycles. The van der Waals surface area contributed by atoms with Crippen LogP contribution in [0.5, 0.6) is 0 Å². The van der Waals surface area contributed by atoms with Crippen LogP contribution in [0.1, 0.15) is 27.7 Å². The molecule has 1 aliphatic rings. The van der Waals surface area contributed by atoms with Crippen LogP contribution >= 0.6 is 0 Å². The van der Waals surface area contributed by atoms with Crippen LogP contribution in [-0.4, -0.2) is 47.7 Å². The van der Waals surface area contributed by atoms with Crippen molar-refractivity contribution in [2.45, 2.75) is 39.8 Å². The molecule has 1 saturated heterocycles. The number of nitrogens with one attached hydrogen (secondary N) is 1. The molecule has 0 saturated carbocycles. The van der Waals surface area contributed by atoms with E-state index < -0.39 is 6.04 Å². The van der Waals surface area contributed by atoms with Crippen molar-refractivity contribution < 1.29 is 9.90 Å². The summed E-state index contributed by atoms with van der Waals surface area (Å²) in [5.74, 6) is 0.0121. The molecule has 0 bridgehead atoms. The maximum atomic E-state index is 12.0. The monoisotopic (exact) mass is 214 g/mol. The lowest BCUT2D eigenvalue weighted by Crippen LogP contribution is -2.48. The summed E-state index contributed by atoms with van der Waals surface area (Å²) >= 11 is 0. The minimum Gasteiger partial charge on any atom is -0.394 e. The van der Waals surface area contributed by atoms with Gasteiger partial charge in [0.25, 0.3) is 0 Å². The van der Waals surface area contributed by atoms with Crippen LogP contribution < -0.4 is 5.32 Å². The van der Waals surface area contributed by atoms with Crippen molar-refractivity contribution in [2.24, 2.45) is 5.41 Å². The van der Waals surface area contributed by atoms with Gasteiger partial charge in [0.2, 0.25) is 5.91 Å². The lowest BCUT2D eigenvalue weighted by atomic mass is 9.93. The van der Waals surface area contributed by atoms with E-state index in [9.17, 15) is 4.79 Å². The minimum atomic E-state index is -0.436. The van der Waals surface area contributed by atoms with E-state index in [-0.39, 0.29) is 24.0 Å². The number of hydrogen-bond donors (Lipinski definition) is 2. The van der Waals surface area contributed by atoms with Gasteiger partial charge in [-0.05, 0) is 19.3 Å². The van der Waals surface area contributed by atoms with Gasteiger partial charge in [-0.25, -0.2) is 0 Å². The predicted molar refractivity (Wildman–Crippen MR) is 59.5 cm³/mol. The SMILES string of the molecule is CC(C)N1CC(C)(C)CNC(CO)C1=O. The summed E-state index contributed by atoms with van der Waals surface area (Å²) in [4.78, 5) is 13.9. The zero-order valence-corrected chi connectivity index (χ0v) is 10.1. The molecule has 1 atom stereocenters. The van der Waals surface area contributed by atoms with Crippen LogP contribution in [0, 0.1) is 5.41 Å². The summed E-state index contributed by atoms with van der Waals surface area (Å²) in [6.45, 7) is 9.64. The first-order valence-electron chi connectivity index (χ1n) is 5.52. The summed E-state index contributed by atoms with van der Waals surface area (Å²) in [6.07, 6.45) is 0. The van der Waals surface area contributed by atoms with E-state index in [2.05, 4.69) is 19.2 Å². The van der Waals surface area contributed by atoms with Gasteiger partial charge in [-0.1, -0.05) is 13.8 Å². The number of rotatable bonds is 2. The summed E-state index contributed by atoms with van der Waals surface area (Å²) < 4.78 is 0. The highest BCUT2D eigenvalue weighted by Gasteiger charge is 2.34. The van der Waals surface area contributed by atoms with Crippen LogP contribution in [0.3, 0.4) is 0 Å². The Kier molecular flexibility index (Phi) is 3.73. The van der Waals surface area contributed by atoms with E-state index in [1.54, 1.807) is 0 Å². The Hall–Kier alpha value is -0.610. The number of aliphatic hydroxyl groups excluding tert-OH is 1. The first-order valence-corrected chi connectivity index (χ1v) is 5.52. The normalized spacial score (nSPS) is 26.9. The average Bonchev–Trinajstić information content (AvgIpc) is 2.24. The van der Waals surface area contributed by atoms with Crippen molar-refractivity contribution in [3.63, 3.8) is 0 Å². The third kappa shape index (κ3) is 2.92. The predicted octanol–water partition coefficient (Wildman–Crippen LogP) is 0.214. The third-order valence-corrected chi connectivity index (χ3v) is 2.81. The number of nitrogens with zero attached hydrogens (tertiary/aromatic N) is 1. The van der Waals surface area contributed by atoms with Crippen molar-refractivity contribution in [1.82, 2.24) is 10.2 Å². The number of hydrogen-bond acceptors (Lipinski definition) is 3. The Morgan fingerprint density at radius 2 is 2.20 bits per heavy atom. The van der Waals surface area contributed by atoms with Gasteiger partial charge >= 0.3 is 0 Å². The summed E-state index contributed by atoms with van der Waals surface area (Å²) in [6, 6.07) is -0.250. The second kappa shape index (κ2) is 4.49. The molecular formula is C11H22N2O2. The van der Waals surface area contributed by atoms with Crippen molar-refractivity contribution in [1.29, 1.82) is 0 Å². The van der Waals surface area contributed by atoms with E-state index in [4.69, 9.17) is 5.11 Å². The highest BCUT2D eigenvalue weighted by molar-refractivity contribution is 5.82. The van der Waals surface area contributed by atoms with E-state index >= 15 is 0 Å². The van der Waals surface area contributed by atoms with Crippen LogP contribution in [0.25, 0.3) is 0 Å². The molecule has 1 heterocycles. The van der Waals surface area contributed by atoms with Crippen LogP contribution in [0.4, 0.5) is 0 Å². The van der Waals surface area contributed by atoms with Crippen LogP contribution in [-0.2, 0) is 4.79 Å². The van der Waals surface area contributed by atoms with Gasteiger partial charge in [0.15, 0.2) is 0 Å². The van der Waals surface area contributed by atoms with Gasteiger partial charge in [0, 0.05) is 19.1 Å². The van der Waals surface area contributed by atoms with Gasteiger partial charge in [0.05, 0.1) is 6.61 Å². The summed E-state index contributed by atoms with van der Waals surface area (Å²) in [5.41, 5.74) is 0.0594. The van der Waals surface area contributed by atoms with Gasteiger partial charge in [-0.3, -0.25) is 4.79 Å². The molecule has 0 aromatic heterocycles. The first kappa shape index (κ1) is 12.5. The summed E-state index contributed by atoms with van der Waals surface area (Å²) in [5, 5.41) is 12.3. The quantitative estimate of drug-likeness (QED) is 0.691. The molecule has 0 radical (unpaired) electrons. The van der Waals surface area contributed by atoms with E-state index in [0.29, 0.717) is 0 Å². The molecule has 1 amide bonds. The summed E-state index contributed by atoms with van der Waals surface area (Å²) in [7, 11) is 0. The van der Waals surface area contributed by atoms with E-state index in [1.165, 1.54) is 0 Å². The highest BCUT2D eigenvalue weighted by Crippen LogP contribution is 2.21. The molecule has 1 rings (SSSR count). The zero-order chi connectivity index (χ0) is 11.6. The molecule has 88 valence electrons. The molecule has 1 aliphatic heterocycles. The van der Waals surface area contributed by atoms with Gasteiger partial charge in [-0.2, -0.15) is 0 Å². The molecular weight excluding hydrogens is 192 g/mol. The van der Waals surface area contributed by atoms with E-state index in [1.807, 2.05) is 18.7 Å².